The molecule has 4 heteroatoms. The minimum atomic E-state index is -0.0944. The second kappa shape index (κ2) is 5.56. The molecule has 0 bridgehead atoms. The number of amides is 1. The maximum atomic E-state index is 11.0. The van der Waals surface area contributed by atoms with E-state index in [1.54, 1.807) is 0 Å². The molecule has 0 radical (unpaired) electrons. The smallest absolute Gasteiger partial charge is 0.222 e. The van der Waals surface area contributed by atoms with E-state index in [9.17, 15) is 4.79 Å². The molecule has 1 amide bonds. The van der Waals surface area contributed by atoms with Gasteiger partial charge in [0.15, 0.2) is 5.84 Å². The highest BCUT2D eigenvalue weighted by Crippen LogP contribution is 2.01. The van der Waals surface area contributed by atoms with Crippen molar-refractivity contribution < 1.29 is 4.79 Å². The van der Waals surface area contributed by atoms with E-state index in [1.165, 1.54) is 6.92 Å². The molecule has 3 nitrogen and oxygen atoms in total. The monoisotopic (exact) mass is 223 g/mol. The number of nitrogens with one attached hydrogen (secondary N) is 1. The van der Waals surface area contributed by atoms with Crippen LogP contribution < -0.4 is 5.32 Å². The normalized spacial score (nSPS) is 11.6. The van der Waals surface area contributed by atoms with Crippen LogP contribution in [0, 0.1) is 0 Å². The highest BCUT2D eigenvalue weighted by atomic mass is 32.2. The van der Waals surface area contributed by atoms with Crippen LogP contribution in [0.1, 0.15) is 12.5 Å². The largest absolute Gasteiger partial charge is 0.307 e. The fourth-order valence-corrected chi connectivity index (χ4v) is 1.61. The van der Waals surface area contributed by atoms with Crippen LogP contribution in [0.2, 0.25) is 0 Å². The molecule has 0 aromatic heterocycles. The van der Waals surface area contributed by atoms with Gasteiger partial charge in [-0.3, -0.25) is 4.79 Å². The van der Waals surface area contributed by atoms with Gasteiger partial charge >= 0.3 is 0 Å². The summed E-state index contributed by atoms with van der Waals surface area (Å²) < 4.78 is 4.40. The fourth-order valence-electron chi connectivity index (χ4n) is 1.09. The lowest BCUT2D eigenvalue weighted by Crippen LogP contribution is -2.29. The zero-order chi connectivity index (χ0) is 11.3. The van der Waals surface area contributed by atoms with E-state index in [4.69, 9.17) is 0 Å². The first-order valence-electron chi connectivity index (χ1n) is 4.59. The summed E-state index contributed by atoms with van der Waals surface area (Å²) in [6, 6.07) is 9.65. The molecular weight excluding hydrogens is 208 g/mol. The Balaban J connectivity index is 2.96. The minimum absolute atomic E-state index is 0.0893. The maximum absolute atomic E-state index is 11.0. The number of benzene rings is 1. The van der Waals surface area contributed by atoms with Crippen molar-refractivity contribution in [1.82, 2.24) is 5.32 Å². The van der Waals surface area contributed by atoms with Gasteiger partial charge in [-0.1, -0.05) is 30.3 Å². The minimum Gasteiger partial charge on any atom is -0.307 e. The van der Waals surface area contributed by atoms with Crippen molar-refractivity contribution in [3.05, 3.63) is 35.9 Å². The molecule has 0 aliphatic rings. The molecule has 0 saturated carbocycles. The Kier molecular flexibility index (Phi) is 4.37. The van der Waals surface area contributed by atoms with E-state index < -0.39 is 0 Å². The van der Waals surface area contributed by atoms with Crippen LogP contribution in [-0.2, 0) is 15.9 Å². The predicted octanol–water partition coefficient (Wildman–Crippen LogP) is 1.36. The van der Waals surface area contributed by atoms with Gasteiger partial charge in [0.1, 0.15) is 23.6 Å². The predicted molar refractivity (Wildman–Crippen MR) is 66.0 cm³/mol. The molecular formula is C11H15N2OS+. The maximum Gasteiger partial charge on any atom is 0.222 e. The summed E-state index contributed by atoms with van der Waals surface area (Å²) in [6.07, 6.45) is 4.01. The van der Waals surface area contributed by atoms with E-state index in [2.05, 4.69) is 9.71 Å². The lowest BCUT2D eigenvalue weighted by Gasteiger charge is -2.04. The summed E-state index contributed by atoms with van der Waals surface area (Å²) in [6.45, 7) is 1.49. The lowest BCUT2D eigenvalue weighted by molar-refractivity contribution is -0.117. The summed E-state index contributed by atoms with van der Waals surface area (Å²) in [7, 11) is 0. The SMILES string of the molecule is CC(=O)N/C(=N/[S+](C)C)c1ccccc1. The van der Waals surface area contributed by atoms with Crippen LogP contribution in [0.25, 0.3) is 0 Å². The van der Waals surface area contributed by atoms with E-state index in [0.717, 1.165) is 5.56 Å². The first-order valence-corrected chi connectivity index (χ1v) is 6.59. The summed E-state index contributed by atoms with van der Waals surface area (Å²) in [5.74, 6) is 0.555. The van der Waals surface area contributed by atoms with Crippen molar-refractivity contribution >= 4 is 22.8 Å². The summed E-state index contributed by atoms with van der Waals surface area (Å²) >= 11 is -0.0893. The molecule has 80 valence electrons. The Bertz CT molecular complexity index is 360. The van der Waals surface area contributed by atoms with Gasteiger partial charge in [0.25, 0.3) is 0 Å². The molecule has 0 fully saturated rings. The quantitative estimate of drug-likeness (QED) is 0.459. The highest BCUT2D eigenvalue weighted by Gasteiger charge is 2.10. The number of rotatable bonds is 2. The highest BCUT2D eigenvalue weighted by molar-refractivity contribution is 7.94. The first-order chi connectivity index (χ1) is 7.09. The van der Waals surface area contributed by atoms with E-state index >= 15 is 0 Å². The van der Waals surface area contributed by atoms with Gasteiger partial charge < -0.3 is 5.32 Å². The standard InChI is InChI=1S/C11H14N2OS/c1-9(14)12-11(13-15(2)3)10-7-5-4-6-8-10/h4-8H,1-3H3/p+1. The van der Waals surface area contributed by atoms with Gasteiger partial charge in [-0.25, -0.2) is 0 Å². The van der Waals surface area contributed by atoms with Crippen molar-refractivity contribution in [2.24, 2.45) is 4.40 Å². The second-order valence-electron chi connectivity index (χ2n) is 3.26. The zero-order valence-electron chi connectivity index (χ0n) is 9.15. The van der Waals surface area contributed by atoms with E-state index in [1.807, 2.05) is 42.8 Å². The van der Waals surface area contributed by atoms with E-state index in [0.29, 0.717) is 5.84 Å². The van der Waals surface area contributed by atoms with Gasteiger partial charge in [-0.15, -0.1) is 0 Å². The van der Waals surface area contributed by atoms with Crippen molar-refractivity contribution in [2.45, 2.75) is 6.92 Å². The molecule has 0 aliphatic carbocycles. The topological polar surface area (TPSA) is 41.5 Å². The van der Waals surface area contributed by atoms with Crippen LogP contribution >= 0.6 is 0 Å². The van der Waals surface area contributed by atoms with Gasteiger partial charge in [0.05, 0.1) is 0 Å². The van der Waals surface area contributed by atoms with Gasteiger partial charge in [-0.05, 0) is 4.40 Å². The third-order valence-corrected chi connectivity index (χ3v) is 2.16. The van der Waals surface area contributed by atoms with Crippen molar-refractivity contribution in [2.75, 3.05) is 12.5 Å². The number of carbonyl (C=O) groups is 1. The first kappa shape index (κ1) is 11.8. The van der Waals surface area contributed by atoms with Crippen LogP contribution in [0.15, 0.2) is 34.7 Å². The van der Waals surface area contributed by atoms with Gasteiger partial charge in [0, 0.05) is 12.5 Å². The Morgan fingerprint density at radius 1 is 1.27 bits per heavy atom. The molecule has 0 aliphatic heterocycles. The molecule has 0 saturated heterocycles. The number of hydrogen-bond donors (Lipinski definition) is 1. The molecule has 15 heavy (non-hydrogen) atoms. The molecule has 1 rings (SSSR count). The Hall–Kier alpha value is -1.29. The second-order valence-corrected chi connectivity index (χ2v) is 4.99. The van der Waals surface area contributed by atoms with Crippen molar-refractivity contribution in [3.63, 3.8) is 0 Å². The number of nitrogens with zero attached hydrogens (tertiary/aromatic N) is 1. The van der Waals surface area contributed by atoms with Crippen molar-refractivity contribution in [1.29, 1.82) is 0 Å². The van der Waals surface area contributed by atoms with Crippen LogP contribution in [0.5, 0.6) is 0 Å². The molecule has 0 unspecified atom stereocenters. The van der Waals surface area contributed by atoms with Gasteiger partial charge in [-0.2, -0.15) is 0 Å². The van der Waals surface area contributed by atoms with Crippen molar-refractivity contribution in [3.8, 4) is 0 Å². The molecule has 1 aromatic carbocycles. The van der Waals surface area contributed by atoms with Crippen LogP contribution in [-0.4, -0.2) is 24.3 Å². The number of amidine groups is 1. The molecule has 0 heterocycles. The van der Waals surface area contributed by atoms with Crippen LogP contribution in [0.3, 0.4) is 0 Å². The third-order valence-electron chi connectivity index (χ3n) is 1.62. The summed E-state index contributed by atoms with van der Waals surface area (Å²) in [5.41, 5.74) is 0.939. The lowest BCUT2D eigenvalue weighted by atomic mass is 10.2. The zero-order valence-corrected chi connectivity index (χ0v) is 9.97. The Morgan fingerprint density at radius 2 is 1.87 bits per heavy atom. The third kappa shape index (κ3) is 4.16. The number of hydrogen-bond acceptors (Lipinski definition) is 2. The average Bonchev–Trinajstić information content (AvgIpc) is 2.17. The summed E-state index contributed by atoms with van der Waals surface area (Å²) in [4.78, 5) is 11.0. The van der Waals surface area contributed by atoms with E-state index in [-0.39, 0.29) is 17.0 Å². The average molecular weight is 223 g/mol. The molecule has 1 N–H and O–H groups in total. The Labute approximate surface area is 93.1 Å². The summed E-state index contributed by atoms with van der Waals surface area (Å²) in [5, 5.41) is 2.75. The van der Waals surface area contributed by atoms with Gasteiger partial charge in [0.2, 0.25) is 5.91 Å². The molecule has 0 atom stereocenters. The molecule has 1 aromatic rings. The fraction of sp³-hybridized carbons (Fsp3) is 0.273. The number of carbonyl (C=O) groups excluding carboxylic acids is 1. The molecule has 0 spiro atoms. The Morgan fingerprint density at radius 3 is 2.33 bits per heavy atom. The van der Waals surface area contributed by atoms with Crippen LogP contribution in [0.4, 0.5) is 0 Å².